The lowest BCUT2D eigenvalue weighted by atomic mass is 9.95. The third-order valence-corrected chi connectivity index (χ3v) is 7.71. The number of halogens is 1. The lowest BCUT2D eigenvalue weighted by molar-refractivity contribution is -0.136. The number of ether oxygens (including phenoxy) is 1. The van der Waals surface area contributed by atoms with Crippen molar-refractivity contribution in [3.8, 4) is 0 Å². The zero-order chi connectivity index (χ0) is 28.2. The van der Waals surface area contributed by atoms with Crippen molar-refractivity contribution in [1.29, 1.82) is 0 Å². The van der Waals surface area contributed by atoms with Crippen LogP contribution in [0.5, 0.6) is 0 Å². The van der Waals surface area contributed by atoms with Gasteiger partial charge in [-0.3, -0.25) is 9.69 Å². The van der Waals surface area contributed by atoms with Crippen LogP contribution in [-0.4, -0.2) is 61.9 Å². The van der Waals surface area contributed by atoms with E-state index in [9.17, 15) is 4.79 Å². The molecule has 0 radical (unpaired) electrons. The van der Waals surface area contributed by atoms with Crippen LogP contribution in [0.4, 0.5) is 0 Å². The van der Waals surface area contributed by atoms with Gasteiger partial charge in [0.2, 0.25) is 0 Å². The second-order valence-electron chi connectivity index (χ2n) is 11.1. The number of hydrogen-bond donors (Lipinski definition) is 2. The average molecular weight is 535 g/mol. The summed E-state index contributed by atoms with van der Waals surface area (Å²) in [6.45, 7) is 20.0. The number of nitrogens with zero attached hydrogens (tertiary/aromatic N) is 1. The van der Waals surface area contributed by atoms with Crippen molar-refractivity contribution >= 4 is 17.6 Å². The SMILES string of the molecule is C=C(/C=C(\C(Cl)=C(/C)C(C)C)C1CC1)CNCCC(CC)(CN(C)C/C(C)=C/C=C(\C)CC(=O)O)OC. The Morgan fingerprint density at radius 2 is 1.86 bits per heavy atom. The molecule has 1 unspecified atom stereocenters. The molecule has 0 bridgehead atoms. The lowest BCUT2D eigenvalue weighted by Gasteiger charge is -2.35. The van der Waals surface area contributed by atoms with Crippen molar-refractivity contribution in [3.05, 3.63) is 57.7 Å². The van der Waals surface area contributed by atoms with Crippen LogP contribution in [0.15, 0.2) is 57.7 Å². The van der Waals surface area contributed by atoms with Crippen molar-refractivity contribution in [2.24, 2.45) is 11.8 Å². The van der Waals surface area contributed by atoms with Crippen LogP contribution in [0.2, 0.25) is 0 Å². The highest BCUT2D eigenvalue weighted by Crippen LogP contribution is 2.43. The number of aliphatic carboxylic acids is 1. The topological polar surface area (TPSA) is 61.8 Å². The molecule has 1 fully saturated rings. The number of methoxy groups -OCH3 is 1. The third kappa shape index (κ3) is 12.6. The number of carbonyl (C=O) groups is 1. The first kappa shape index (κ1) is 33.4. The van der Waals surface area contributed by atoms with Crippen LogP contribution in [0.25, 0.3) is 0 Å². The first-order valence-corrected chi connectivity index (χ1v) is 14.0. The van der Waals surface area contributed by atoms with E-state index in [-0.39, 0.29) is 12.0 Å². The molecule has 1 aliphatic carbocycles. The van der Waals surface area contributed by atoms with Crippen LogP contribution in [0, 0.1) is 11.8 Å². The van der Waals surface area contributed by atoms with Gasteiger partial charge in [-0.2, -0.15) is 0 Å². The number of nitrogens with one attached hydrogen (secondary N) is 1. The first-order valence-electron chi connectivity index (χ1n) is 13.6. The Morgan fingerprint density at radius 1 is 1.24 bits per heavy atom. The minimum absolute atomic E-state index is 0.0701. The lowest BCUT2D eigenvalue weighted by Crippen LogP contribution is -2.45. The number of hydrogen-bond acceptors (Lipinski definition) is 4. The van der Waals surface area contributed by atoms with Crippen molar-refractivity contribution < 1.29 is 14.6 Å². The van der Waals surface area contributed by atoms with Crippen LogP contribution >= 0.6 is 11.6 Å². The van der Waals surface area contributed by atoms with Gasteiger partial charge in [0.05, 0.1) is 12.0 Å². The number of carboxylic acid groups (broad SMARTS) is 1. The van der Waals surface area contributed by atoms with E-state index in [0.29, 0.717) is 11.8 Å². The van der Waals surface area contributed by atoms with Crippen LogP contribution in [0.1, 0.15) is 73.6 Å². The molecule has 2 N–H and O–H groups in total. The molecule has 0 saturated heterocycles. The Balaban J connectivity index is 2.66. The normalized spacial score (nSPS) is 17.8. The molecule has 0 spiro atoms. The summed E-state index contributed by atoms with van der Waals surface area (Å²) in [6.07, 6.45) is 10.4. The fourth-order valence-corrected chi connectivity index (χ4v) is 4.79. The zero-order valence-electron chi connectivity index (χ0n) is 24.5. The van der Waals surface area contributed by atoms with Crippen molar-refractivity contribution in [2.45, 2.75) is 79.2 Å². The van der Waals surface area contributed by atoms with E-state index in [1.165, 1.54) is 29.6 Å². The number of rotatable bonds is 18. The Morgan fingerprint density at radius 3 is 2.38 bits per heavy atom. The molecule has 0 aliphatic heterocycles. The molecule has 0 amide bonds. The summed E-state index contributed by atoms with van der Waals surface area (Å²) in [5, 5.41) is 13.4. The summed E-state index contributed by atoms with van der Waals surface area (Å²) in [5.41, 5.74) is 5.33. The van der Waals surface area contributed by atoms with Gasteiger partial charge in [0.15, 0.2) is 0 Å². The van der Waals surface area contributed by atoms with Crippen LogP contribution in [-0.2, 0) is 9.53 Å². The molecule has 1 rings (SSSR count). The summed E-state index contributed by atoms with van der Waals surface area (Å²) in [7, 11) is 3.90. The number of allylic oxidation sites excluding steroid dienone is 5. The van der Waals surface area contributed by atoms with Gasteiger partial charge in [-0.25, -0.2) is 0 Å². The summed E-state index contributed by atoms with van der Waals surface area (Å²) in [6, 6.07) is 0. The van der Waals surface area contributed by atoms with E-state index in [4.69, 9.17) is 21.4 Å². The largest absolute Gasteiger partial charge is 0.481 e. The second-order valence-corrected chi connectivity index (χ2v) is 11.5. The third-order valence-electron chi connectivity index (χ3n) is 7.19. The van der Waals surface area contributed by atoms with E-state index in [0.717, 1.165) is 55.2 Å². The Hall–Kier alpha value is -1.66. The monoisotopic (exact) mass is 534 g/mol. The molecule has 0 heterocycles. The maximum Gasteiger partial charge on any atom is 0.307 e. The summed E-state index contributed by atoms with van der Waals surface area (Å²) in [4.78, 5) is 13.1. The molecule has 1 saturated carbocycles. The van der Waals surface area contributed by atoms with Crippen molar-refractivity contribution in [2.75, 3.05) is 40.3 Å². The predicted molar refractivity (Wildman–Crippen MR) is 158 cm³/mol. The Bertz CT molecular complexity index is 890. The molecule has 0 aromatic heterocycles. The van der Waals surface area contributed by atoms with E-state index in [2.05, 4.69) is 64.5 Å². The van der Waals surface area contributed by atoms with E-state index >= 15 is 0 Å². The fourth-order valence-electron chi connectivity index (χ4n) is 4.36. The molecule has 37 heavy (non-hydrogen) atoms. The average Bonchev–Trinajstić information content (AvgIpc) is 3.67. The second kappa shape index (κ2) is 16.3. The van der Waals surface area contributed by atoms with E-state index in [1.54, 1.807) is 7.11 Å². The van der Waals surface area contributed by atoms with Crippen molar-refractivity contribution in [3.63, 3.8) is 0 Å². The molecule has 0 aromatic carbocycles. The maximum absolute atomic E-state index is 10.8. The van der Waals surface area contributed by atoms with Gasteiger partial charge >= 0.3 is 5.97 Å². The summed E-state index contributed by atoms with van der Waals surface area (Å²) < 4.78 is 6.04. The Labute approximate surface area is 231 Å². The standard InChI is InChI=1S/C31H51ClN2O3/c1-10-31(37-9,21-34(8)20-24(5)12-11-23(4)18-29(35)36)15-16-33-19-25(6)17-28(27-13-14-27)30(32)26(7)22(2)3/h11-12,17,22,27,33H,6,10,13-16,18-21H2,1-5,7-9H3,(H,35,36)/b23-11+,24-12+,28-17-,30-26-. The predicted octanol–water partition coefficient (Wildman–Crippen LogP) is 7.12. The number of likely N-dealkylation sites (N-methyl/N-ethyl adjacent to an activating group) is 1. The fraction of sp³-hybridized carbons (Fsp3) is 0.645. The molecule has 210 valence electrons. The van der Waals surface area contributed by atoms with Gasteiger partial charge in [0.1, 0.15) is 0 Å². The highest BCUT2D eigenvalue weighted by molar-refractivity contribution is 6.32. The minimum Gasteiger partial charge on any atom is -0.481 e. The molecule has 5 nitrogen and oxygen atoms in total. The van der Waals surface area contributed by atoms with Crippen LogP contribution in [0.3, 0.4) is 0 Å². The maximum atomic E-state index is 10.8. The molecular formula is C31H51ClN2O3. The minimum atomic E-state index is -0.803. The van der Waals surface area contributed by atoms with Gasteiger partial charge < -0.3 is 15.2 Å². The smallest absolute Gasteiger partial charge is 0.307 e. The summed E-state index contributed by atoms with van der Waals surface area (Å²) >= 11 is 6.77. The van der Waals surface area contributed by atoms with Crippen LogP contribution < -0.4 is 5.32 Å². The molecule has 6 heteroatoms. The highest BCUT2D eigenvalue weighted by atomic mass is 35.5. The van der Waals surface area contributed by atoms with Gasteiger partial charge in [0, 0.05) is 31.8 Å². The highest BCUT2D eigenvalue weighted by Gasteiger charge is 2.30. The summed E-state index contributed by atoms with van der Waals surface area (Å²) in [5.74, 6) is 0.208. The molecule has 1 aliphatic rings. The van der Waals surface area contributed by atoms with Gasteiger partial charge in [-0.1, -0.05) is 73.9 Å². The number of carboxylic acids is 1. The van der Waals surface area contributed by atoms with Crippen molar-refractivity contribution in [1.82, 2.24) is 10.2 Å². The van der Waals surface area contributed by atoms with Gasteiger partial charge in [-0.05, 0) is 83.0 Å². The molecule has 0 aromatic rings. The van der Waals surface area contributed by atoms with Gasteiger partial charge in [-0.15, -0.1) is 0 Å². The molecular weight excluding hydrogens is 484 g/mol. The van der Waals surface area contributed by atoms with E-state index in [1.807, 2.05) is 19.1 Å². The Kier molecular flexibility index (Phi) is 14.7. The first-order chi connectivity index (χ1) is 17.3. The zero-order valence-corrected chi connectivity index (χ0v) is 25.3. The van der Waals surface area contributed by atoms with Gasteiger partial charge in [0.25, 0.3) is 0 Å². The van der Waals surface area contributed by atoms with E-state index < -0.39 is 5.97 Å². The molecule has 1 atom stereocenters. The quantitative estimate of drug-likeness (QED) is 0.145.